The molecule has 0 amide bonds. The van der Waals surface area contributed by atoms with Crippen molar-refractivity contribution in [1.82, 2.24) is 9.97 Å². The van der Waals surface area contributed by atoms with Crippen LogP contribution in [0.15, 0.2) is 58.7 Å². The molecule has 0 unspecified atom stereocenters. The minimum Gasteiger partial charge on any atom is -0.258 e. The number of thioether (sulfide) groups is 1. The van der Waals surface area contributed by atoms with E-state index < -0.39 is 9.85 Å². The standard InChI is InChI=1S/C20H17N5O4S/c1-12-4-7-17(25(28)29)11-18(12)23-19(15-5-8-16(9-6-15)24(26)27)30-20-21-13(2)10-14(3)22-20/h4-11H,1-3H3. The zero-order valence-corrected chi connectivity index (χ0v) is 17.2. The molecule has 2 aromatic carbocycles. The number of nitro benzene ring substituents is 2. The number of aryl methyl sites for hydroxylation is 3. The maximum absolute atomic E-state index is 11.2. The summed E-state index contributed by atoms with van der Waals surface area (Å²) in [4.78, 5) is 34.6. The largest absolute Gasteiger partial charge is 0.271 e. The molecule has 0 bridgehead atoms. The van der Waals surface area contributed by atoms with Crippen molar-refractivity contribution in [1.29, 1.82) is 0 Å². The molecule has 0 aliphatic carbocycles. The number of hydrogen-bond donors (Lipinski definition) is 0. The van der Waals surface area contributed by atoms with Crippen molar-refractivity contribution in [2.24, 2.45) is 4.99 Å². The van der Waals surface area contributed by atoms with Crippen LogP contribution in [0.5, 0.6) is 0 Å². The number of hydrogen-bond acceptors (Lipinski definition) is 8. The van der Waals surface area contributed by atoms with Crippen LogP contribution in [-0.4, -0.2) is 24.9 Å². The Hall–Kier alpha value is -3.66. The van der Waals surface area contributed by atoms with Gasteiger partial charge in [-0.05, 0) is 56.3 Å². The van der Waals surface area contributed by atoms with Crippen molar-refractivity contribution in [3.05, 3.63) is 91.3 Å². The fourth-order valence-corrected chi connectivity index (χ4v) is 3.59. The zero-order chi connectivity index (χ0) is 21.8. The van der Waals surface area contributed by atoms with E-state index in [4.69, 9.17) is 0 Å². The van der Waals surface area contributed by atoms with Gasteiger partial charge in [-0.2, -0.15) is 0 Å². The number of rotatable bonds is 5. The van der Waals surface area contributed by atoms with Crippen LogP contribution in [0.1, 0.15) is 22.5 Å². The summed E-state index contributed by atoms with van der Waals surface area (Å²) in [6.45, 7) is 5.51. The van der Waals surface area contributed by atoms with Gasteiger partial charge in [-0.1, -0.05) is 6.07 Å². The van der Waals surface area contributed by atoms with Gasteiger partial charge in [-0.15, -0.1) is 0 Å². The molecule has 1 heterocycles. The van der Waals surface area contributed by atoms with Gasteiger partial charge in [0.25, 0.3) is 11.4 Å². The second-order valence-electron chi connectivity index (χ2n) is 6.48. The second kappa shape index (κ2) is 8.78. The quantitative estimate of drug-likeness (QED) is 0.140. The fourth-order valence-electron chi connectivity index (χ4n) is 2.64. The summed E-state index contributed by atoms with van der Waals surface area (Å²) in [6.07, 6.45) is 0. The van der Waals surface area contributed by atoms with Gasteiger partial charge in [0.05, 0.1) is 15.5 Å². The normalized spacial score (nSPS) is 11.4. The van der Waals surface area contributed by atoms with E-state index in [0.717, 1.165) is 17.0 Å². The van der Waals surface area contributed by atoms with E-state index in [-0.39, 0.29) is 11.4 Å². The summed E-state index contributed by atoms with van der Waals surface area (Å²) in [6, 6.07) is 12.2. The molecule has 0 radical (unpaired) electrons. The van der Waals surface area contributed by atoms with Gasteiger partial charge >= 0.3 is 0 Å². The number of non-ortho nitro benzene ring substituents is 2. The molecular formula is C20H17N5O4S. The van der Waals surface area contributed by atoms with Crippen LogP contribution in [0, 0.1) is 41.0 Å². The molecule has 30 heavy (non-hydrogen) atoms. The van der Waals surface area contributed by atoms with E-state index in [0.29, 0.717) is 21.5 Å². The highest BCUT2D eigenvalue weighted by molar-refractivity contribution is 8.14. The van der Waals surface area contributed by atoms with Gasteiger partial charge < -0.3 is 0 Å². The lowest BCUT2D eigenvalue weighted by molar-refractivity contribution is -0.385. The molecule has 10 heteroatoms. The van der Waals surface area contributed by atoms with Gasteiger partial charge in [0.1, 0.15) is 5.04 Å². The van der Waals surface area contributed by atoms with Crippen LogP contribution in [-0.2, 0) is 0 Å². The topological polar surface area (TPSA) is 124 Å². The summed E-state index contributed by atoms with van der Waals surface area (Å²) in [5.74, 6) is 0. The smallest absolute Gasteiger partial charge is 0.258 e. The van der Waals surface area contributed by atoms with Crippen molar-refractivity contribution in [3.63, 3.8) is 0 Å². The van der Waals surface area contributed by atoms with Crippen LogP contribution in [0.25, 0.3) is 0 Å². The molecule has 1 aromatic heterocycles. The predicted molar refractivity (Wildman–Crippen MR) is 114 cm³/mol. The van der Waals surface area contributed by atoms with E-state index in [1.54, 1.807) is 25.1 Å². The summed E-state index contributed by atoms with van der Waals surface area (Å²) in [5, 5.41) is 23.1. The highest BCUT2D eigenvalue weighted by Crippen LogP contribution is 2.30. The summed E-state index contributed by atoms with van der Waals surface area (Å²) >= 11 is 1.19. The third-order valence-corrected chi connectivity index (χ3v) is 4.99. The van der Waals surface area contributed by atoms with Crippen molar-refractivity contribution in [2.75, 3.05) is 0 Å². The average molecular weight is 423 g/mol. The molecule has 0 aliphatic rings. The Morgan fingerprint density at radius 3 is 2.00 bits per heavy atom. The summed E-state index contributed by atoms with van der Waals surface area (Å²) < 4.78 is 0. The SMILES string of the molecule is Cc1cc(C)nc(SC(=Nc2cc([N+](=O)[O-])ccc2C)c2ccc([N+](=O)[O-])cc2)n1. The number of aliphatic imine (C=N–C) groups is 1. The monoisotopic (exact) mass is 423 g/mol. The van der Waals surface area contributed by atoms with E-state index >= 15 is 0 Å². The van der Waals surface area contributed by atoms with Gasteiger partial charge in [0.15, 0.2) is 5.16 Å². The van der Waals surface area contributed by atoms with Crippen LogP contribution < -0.4 is 0 Å². The van der Waals surface area contributed by atoms with E-state index in [2.05, 4.69) is 15.0 Å². The third-order valence-electron chi connectivity index (χ3n) is 4.10. The van der Waals surface area contributed by atoms with Crippen LogP contribution >= 0.6 is 11.8 Å². The zero-order valence-electron chi connectivity index (χ0n) is 16.4. The minimum absolute atomic E-state index is 0.0442. The molecule has 152 valence electrons. The van der Waals surface area contributed by atoms with Crippen LogP contribution in [0.4, 0.5) is 17.1 Å². The van der Waals surface area contributed by atoms with Crippen LogP contribution in [0.3, 0.4) is 0 Å². The van der Waals surface area contributed by atoms with Crippen molar-refractivity contribution < 1.29 is 9.85 Å². The van der Waals surface area contributed by atoms with Crippen LogP contribution in [0.2, 0.25) is 0 Å². The molecule has 3 aromatic rings. The van der Waals surface area contributed by atoms with Gasteiger partial charge in [-0.3, -0.25) is 20.2 Å². The lowest BCUT2D eigenvalue weighted by Crippen LogP contribution is -2.01. The van der Waals surface area contributed by atoms with Crippen molar-refractivity contribution >= 4 is 33.9 Å². The Morgan fingerprint density at radius 1 is 0.867 bits per heavy atom. The van der Waals surface area contributed by atoms with Gasteiger partial charge in [-0.25, -0.2) is 15.0 Å². The molecule has 3 rings (SSSR count). The third kappa shape index (κ3) is 5.03. The van der Waals surface area contributed by atoms with Gasteiger partial charge in [0.2, 0.25) is 0 Å². The average Bonchev–Trinajstić information content (AvgIpc) is 2.68. The lowest BCUT2D eigenvalue weighted by atomic mass is 10.2. The molecule has 0 fully saturated rings. The first-order valence-electron chi connectivity index (χ1n) is 8.81. The molecule has 0 atom stereocenters. The number of nitrogens with zero attached hydrogens (tertiary/aromatic N) is 5. The molecule has 0 saturated heterocycles. The molecule has 0 saturated carbocycles. The lowest BCUT2D eigenvalue weighted by Gasteiger charge is -2.08. The molecule has 0 aliphatic heterocycles. The number of nitro groups is 2. The van der Waals surface area contributed by atoms with Crippen molar-refractivity contribution in [2.45, 2.75) is 25.9 Å². The molecular weight excluding hydrogens is 406 g/mol. The Bertz CT molecular complexity index is 1140. The highest BCUT2D eigenvalue weighted by atomic mass is 32.2. The fraction of sp³-hybridized carbons (Fsp3) is 0.150. The van der Waals surface area contributed by atoms with Gasteiger partial charge in [0, 0.05) is 41.2 Å². The van der Waals surface area contributed by atoms with E-state index in [9.17, 15) is 20.2 Å². The Balaban J connectivity index is 2.11. The Kier molecular flexibility index (Phi) is 6.17. The molecule has 0 N–H and O–H groups in total. The Labute approximate surface area is 176 Å². The second-order valence-corrected chi connectivity index (χ2v) is 7.44. The first kappa shape index (κ1) is 21.1. The molecule has 0 spiro atoms. The Morgan fingerprint density at radius 2 is 1.43 bits per heavy atom. The predicted octanol–water partition coefficient (Wildman–Crippen LogP) is 5.09. The highest BCUT2D eigenvalue weighted by Gasteiger charge is 2.15. The maximum Gasteiger partial charge on any atom is 0.271 e. The minimum atomic E-state index is -0.482. The maximum atomic E-state index is 11.2. The van der Waals surface area contributed by atoms with E-state index in [1.165, 1.54) is 36.0 Å². The summed E-state index contributed by atoms with van der Waals surface area (Å²) in [5.41, 5.74) is 3.25. The number of benzene rings is 2. The number of aromatic nitrogens is 2. The van der Waals surface area contributed by atoms with E-state index in [1.807, 2.05) is 19.9 Å². The first-order chi connectivity index (χ1) is 14.2. The van der Waals surface area contributed by atoms with Crippen molar-refractivity contribution in [3.8, 4) is 0 Å². The first-order valence-corrected chi connectivity index (χ1v) is 9.63. The molecule has 9 nitrogen and oxygen atoms in total. The summed E-state index contributed by atoms with van der Waals surface area (Å²) in [7, 11) is 0.